The number of amides is 2. The number of hydrogen-bond donors (Lipinski definition) is 1. The van der Waals surface area contributed by atoms with Gasteiger partial charge in [0.2, 0.25) is 0 Å². The van der Waals surface area contributed by atoms with Crippen molar-refractivity contribution in [2.75, 3.05) is 6.54 Å². The smallest absolute Gasteiger partial charge is 0.261 e. The van der Waals surface area contributed by atoms with E-state index in [0.29, 0.717) is 11.1 Å². The third-order valence-electron chi connectivity index (χ3n) is 7.27. The number of benzene rings is 4. The summed E-state index contributed by atoms with van der Waals surface area (Å²) in [6, 6.07) is 31.6. The Hall–Kier alpha value is -4.48. The van der Waals surface area contributed by atoms with E-state index < -0.39 is 6.10 Å². The van der Waals surface area contributed by atoms with E-state index in [1.54, 1.807) is 24.3 Å². The summed E-state index contributed by atoms with van der Waals surface area (Å²) in [4.78, 5) is 27.1. The molecule has 0 saturated carbocycles. The van der Waals surface area contributed by atoms with E-state index in [-0.39, 0.29) is 24.9 Å². The van der Waals surface area contributed by atoms with E-state index in [1.165, 1.54) is 4.90 Å². The van der Waals surface area contributed by atoms with Gasteiger partial charge in [0.15, 0.2) is 0 Å². The minimum atomic E-state index is -0.959. The third kappa shape index (κ3) is 3.92. The largest absolute Gasteiger partial charge is 0.389 e. The van der Waals surface area contributed by atoms with Gasteiger partial charge in [0, 0.05) is 10.9 Å². The molecule has 5 nitrogen and oxygen atoms in total. The molecule has 38 heavy (non-hydrogen) atoms. The Kier molecular flexibility index (Phi) is 5.93. The van der Waals surface area contributed by atoms with Crippen LogP contribution in [0.5, 0.6) is 0 Å². The van der Waals surface area contributed by atoms with Crippen LogP contribution >= 0.6 is 0 Å². The Labute approximate surface area is 221 Å². The zero-order chi connectivity index (χ0) is 26.4. The maximum absolute atomic E-state index is 13.0. The van der Waals surface area contributed by atoms with E-state index >= 15 is 0 Å². The lowest BCUT2D eigenvalue weighted by molar-refractivity contribution is 0.0523. The summed E-state index contributed by atoms with van der Waals surface area (Å²) >= 11 is 0. The predicted octanol–water partition coefficient (Wildman–Crippen LogP) is 6.25. The molecule has 0 bridgehead atoms. The van der Waals surface area contributed by atoms with E-state index in [2.05, 4.69) is 54.8 Å². The van der Waals surface area contributed by atoms with Crippen molar-refractivity contribution >= 4 is 22.7 Å². The fourth-order valence-electron chi connectivity index (χ4n) is 5.74. The van der Waals surface area contributed by atoms with Crippen LogP contribution in [-0.2, 0) is 6.54 Å². The lowest BCUT2D eigenvalue weighted by atomic mass is 9.97. The van der Waals surface area contributed by atoms with Gasteiger partial charge in [-0.25, -0.2) is 0 Å². The quantitative estimate of drug-likeness (QED) is 0.280. The number of aryl methyl sites for hydroxylation is 2. The van der Waals surface area contributed by atoms with Crippen molar-refractivity contribution < 1.29 is 14.7 Å². The van der Waals surface area contributed by atoms with Crippen LogP contribution in [0.15, 0.2) is 97.1 Å². The average molecular weight is 501 g/mol. The van der Waals surface area contributed by atoms with Crippen LogP contribution in [0.4, 0.5) is 0 Å². The number of hydrogen-bond acceptors (Lipinski definition) is 3. The normalized spacial score (nSPS) is 13.8. The van der Waals surface area contributed by atoms with Gasteiger partial charge in [-0.1, -0.05) is 84.4 Å². The molecule has 2 heterocycles. The van der Waals surface area contributed by atoms with E-state index in [4.69, 9.17) is 0 Å². The Morgan fingerprint density at radius 1 is 0.711 bits per heavy atom. The van der Waals surface area contributed by atoms with Crippen molar-refractivity contribution in [2.45, 2.75) is 26.5 Å². The van der Waals surface area contributed by atoms with Gasteiger partial charge in [0.1, 0.15) is 0 Å². The number of aromatic nitrogens is 1. The number of aliphatic hydroxyl groups excluding tert-OH is 1. The summed E-state index contributed by atoms with van der Waals surface area (Å²) < 4.78 is 2.16. The SMILES string of the molecule is Cc1cc(C)c2c(c1)c(-c1ccccc1)c(-c1ccccc1)n2C[C@@H](O)CN1C(=O)c2ccccc2C1=O. The van der Waals surface area contributed by atoms with Crippen LogP contribution in [0.25, 0.3) is 33.3 Å². The zero-order valence-electron chi connectivity index (χ0n) is 21.4. The summed E-state index contributed by atoms with van der Waals surface area (Å²) in [7, 11) is 0. The van der Waals surface area contributed by atoms with Crippen LogP contribution in [-0.4, -0.2) is 39.0 Å². The lowest BCUT2D eigenvalue weighted by Gasteiger charge is -2.21. The summed E-state index contributed by atoms with van der Waals surface area (Å²) in [6.07, 6.45) is -0.959. The molecule has 188 valence electrons. The Balaban J connectivity index is 1.49. The first-order valence-electron chi connectivity index (χ1n) is 12.8. The second kappa shape index (κ2) is 9.43. The Bertz CT molecular complexity index is 1650. The predicted molar refractivity (Wildman–Crippen MR) is 150 cm³/mol. The summed E-state index contributed by atoms with van der Waals surface area (Å²) in [5.41, 5.74) is 8.31. The molecule has 1 aliphatic rings. The second-order valence-electron chi connectivity index (χ2n) is 9.96. The van der Waals surface area contributed by atoms with Gasteiger partial charge in [-0.15, -0.1) is 0 Å². The average Bonchev–Trinajstić information content (AvgIpc) is 3.37. The molecule has 6 rings (SSSR count). The number of rotatable bonds is 6. The molecule has 0 fully saturated rings. The van der Waals surface area contributed by atoms with E-state index in [9.17, 15) is 14.7 Å². The molecule has 0 radical (unpaired) electrons. The summed E-state index contributed by atoms with van der Waals surface area (Å²) in [5.74, 6) is -0.718. The molecule has 1 N–H and O–H groups in total. The van der Waals surface area contributed by atoms with Crippen molar-refractivity contribution in [3.63, 3.8) is 0 Å². The number of aliphatic hydroxyl groups is 1. The summed E-state index contributed by atoms with van der Waals surface area (Å²) in [5, 5.41) is 12.5. The number of carbonyl (C=O) groups is 2. The minimum Gasteiger partial charge on any atom is -0.389 e. The van der Waals surface area contributed by atoms with Crippen molar-refractivity contribution in [3.8, 4) is 22.4 Å². The molecule has 2 amide bonds. The molecule has 1 aliphatic heterocycles. The van der Waals surface area contributed by atoms with E-state index in [1.807, 2.05) is 36.4 Å². The highest BCUT2D eigenvalue weighted by Crippen LogP contribution is 2.42. The third-order valence-corrected chi connectivity index (χ3v) is 7.27. The van der Waals surface area contributed by atoms with E-state index in [0.717, 1.165) is 44.4 Å². The second-order valence-corrected chi connectivity index (χ2v) is 9.96. The Morgan fingerprint density at radius 3 is 1.87 bits per heavy atom. The molecule has 0 spiro atoms. The highest BCUT2D eigenvalue weighted by Gasteiger charge is 2.36. The molecule has 5 heteroatoms. The van der Waals surface area contributed by atoms with Crippen molar-refractivity contribution in [3.05, 3.63) is 119 Å². The number of fused-ring (bicyclic) bond motifs is 2. The first kappa shape index (κ1) is 23.9. The Morgan fingerprint density at radius 2 is 1.26 bits per heavy atom. The molecule has 4 aromatic carbocycles. The maximum atomic E-state index is 13.0. The molecular weight excluding hydrogens is 472 g/mol. The number of carbonyl (C=O) groups excluding carboxylic acids is 2. The first-order valence-corrected chi connectivity index (χ1v) is 12.8. The number of nitrogens with zero attached hydrogens (tertiary/aromatic N) is 2. The van der Waals surface area contributed by atoms with Gasteiger partial charge >= 0.3 is 0 Å². The molecule has 0 unspecified atom stereocenters. The summed E-state index contributed by atoms with van der Waals surface area (Å²) in [6.45, 7) is 4.33. The zero-order valence-corrected chi connectivity index (χ0v) is 21.4. The highest BCUT2D eigenvalue weighted by atomic mass is 16.3. The van der Waals surface area contributed by atoms with Crippen LogP contribution in [0, 0.1) is 13.8 Å². The number of imide groups is 1. The van der Waals surface area contributed by atoms with Gasteiger partial charge in [0.25, 0.3) is 11.8 Å². The van der Waals surface area contributed by atoms with Crippen LogP contribution in [0.3, 0.4) is 0 Å². The standard InChI is InChI=1S/C33H28N2O3/c1-21-17-22(2)30-28(18-21)29(23-11-5-3-6-12-23)31(24-13-7-4-8-14-24)34(30)19-25(36)20-35-32(37)26-15-9-10-16-27(26)33(35)38/h3-18,25,36H,19-20H2,1-2H3/t25-/m1/s1. The first-order chi connectivity index (χ1) is 18.4. The van der Waals surface area contributed by atoms with Crippen molar-refractivity contribution in [1.82, 2.24) is 9.47 Å². The molecule has 0 aliphatic carbocycles. The van der Waals surface area contributed by atoms with Crippen LogP contribution < -0.4 is 0 Å². The van der Waals surface area contributed by atoms with Gasteiger partial charge in [-0.05, 0) is 48.7 Å². The van der Waals surface area contributed by atoms with Crippen LogP contribution in [0.2, 0.25) is 0 Å². The van der Waals surface area contributed by atoms with Crippen molar-refractivity contribution in [1.29, 1.82) is 0 Å². The fourth-order valence-corrected chi connectivity index (χ4v) is 5.74. The molecule has 1 atom stereocenters. The maximum Gasteiger partial charge on any atom is 0.261 e. The number of β-amino-alcohol motifs (C(OH)–C–C–N with tert-alkyl or cyclic N) is 1. The minimum absolute atomic E-state index is 0.0776. The molecule has 5 aromatic rings. The highest BCUT2D eigenvalue weighted by molar-refractivity contribution is 6.21. The lowest BCUT2D eigenvalue weighted by Crippen LogP contribution is -2.38. The molecular formula is C33H28N2O3. The topological polar surface area (TPSA) is 62.5 Å². The van der Waals surface area contributed by atoms with Gasteiger partial charge in [-0.3, -0.25) is 14.5 Å². The van der Waals surface area contributed by atoms with Crippen LogP contribution in [0.1, 0.15) is 31.8 Å². The fraction of sp³-hybridized carbons (Fsp3) is 0.152. The molecule has 1 aromatic heterocycles. The molecule has 0 saturated heterocycles. The van der Waals surface area contributed by atoms with Gasteiger partial charge in [-0.2, -0.15) is 0 Å². The van der Waals surface area contributed by atoms with Gasteiger partial charge in [0.05, 0.1) is 41.5 Å². The monoisotopic (exact) mass is 500 g/mol. The van der Waals surface area contributed by atoms with Crippen molar-refractivity contribution in [2.24, 2.45) is 0 Å². The van der Waals surface area contributed by atoms with Gasteiger partial charge < -0.3 is 9.67 Å².